The van der Waals surface area contributed by atoms with Crippen molar-refractivity contribution in [2.45, 2.75) is 18.0 Å². The van der Waals surface area contributed by atoms with Crippen LogP contribution in [-0.4, -0.2) is 31.1 Å². The Labute approximate surface area is 57.8 Å². The van der Waals surface area contributed by atoms with Crippen LogP contribution in [0.4, 0.5) is 8.78 Å². The smallest absolute Gasteiger partial charge is 0.276 e. The van der Waals surface area contributed by atoms with Crippen LogP contribution in [0.5, 0.6) is 0 Å². The molecule has 0 aromatic rings. The van der Waals surface area contributed by atoms with Gasteiger partial charge in [0, 0.05) is 12.6 Å². The summed E-state index contributed by atoms with van der Waals surface area (Å²) in [5, 5.41) is 2.55. The van der Waals surface area contributed by atoms with Crippen molar-refractivity contribution in [3.63, 3.8) is 0 Å². The molecule has 0 amide bonds. The number of rotatable bonds is 1. The molecule has 0 aromatic heterocycles. The van der Waals surface area contributed by atoms with E-state index in [0.29, 0.717) is 0 Å². The highest BCUT2D eigenvalue weighted by molar-refractivity contribution is 4.99. The summed E-state index contributed by atoms with van der Waals surface area (Å²) in [5.74, 6) is -2.79. The highest BCUT2D eigenvalue weighted by atomic mass is 19.3. The molecule has 5 heteroatoms. The monoisotopic (exact) mass is 151 g/mol. The van der Waals surface area contributed by atoms with Gasteiger partial charge in [-0.25, -0.2) is 8.78 Å². The van der Waals surface area contributed by atoms with E-state index in [2.05, 4.69) is 5.32 Å². The molecule has 1 aliphatic heterocycles. The largest absolute Gasteiger partial charge is 0.329 e. The van der Waals surface area contributed by atoms with Gasteiger partial charge >= 0.3 is 0 Å². The Morgan fingerprint density at radius 2 is 2.20 bits per heavy atom. The fourth-order valence-electron chi connectivity index (χ4n) is 1.04. The summed E-state index contributed by atoms with van der Waals surface area (Å²) in [6, 6.07) is -1.56. The Kier molecular flexibility index (Phi) is 1.89. The van der Waals surface area contributed by atoms with Crippen LogP contribution in [0.1, 0.15) is 0 Å². The van der Waals surface area contributed by atoms with Crippen LogP contribution in [0, 0.1) is 0 Å². The Morgan fingerprint density at radius 3 is 2.40 bits per heavy atom. The third kappa shape index (κ3) is 1.12. The van der Waals surface area contributed by atoms with Gasteiger partial charge in [-0.3, -0.25) is 0 Å². The summed E-state index contributed by atoms with van der Waals surface area (Å²) >= 11 is 0. The van der Waals surface area contributed by atoms with Crippen molar-refractivity contribution in [2.24, 2.45) is 11.5 Å². The number of hydrogen-bond acceptors (Lipinski definition) is 3. The molecule has 2 unspecified atom stereocenters. The first-order chi connectivity index (χ1) is 4.58. The molecule has 0 bridgehead atoms. The van der Waals surface area contributed by atoms with Crippen LogP contribution in [-0.2, 0) is 0 Å². The summed E-state index contributed by atoms with van der Waals surface area (Å²) in [4.78, 5) is 0. The van der Waals surface area contributed by atoms with Gasteiger partial charge in [-0.05, 0) is 0 Å². The van der Waals surface area contributed by atoms with E-state index in [0.717, 1.165) is 0 Å². The van der Waals surface area contributed by atoms with E-state index >= 15 is 0 Å². The van der Waals surface area contributed by atoms with Gasteiger partial charge in [0.15, 0.2) is 0 Å². The van der Waals surface area contributed by atoms with Gasteiger partial charge in [-0.1, -0.05) is 0 Å². The van der Waals surface area contributed by atoms with Crippen LogP contribution in [0.15, 0.2) is 0 Å². The lowest BCUT2D eigenvalue weighted by Gasteiger charge is -2.16. The predicted octanol–water partition coefficient (Wildman–Crippen LogP) is -1.12. The maximum Gasteiger partial charge on any atom is 0.276 e. The zero-order chi connectivity index (χ0) is 7.78. The lowest BCUT2D eigenvalue weighted by atomic mass is 10.1. The highest BCUT2D eigenvalue weighted by Crippen LogP contribution is 2.23. The predicted molar refractivity (Wildman–Crippen MR) is 33.8 cm³/mol. The molecule has 60 valence electrons. The van der Waals surface area contributed by atoms with E-state index in [1.54, 1.807) is 0 Å². The Morgan fingerprint density at radius 1 is 1.60 bits per heavy atom. The Hall–Kier alpha value is -0.260. The number of hydrogen-bond donors (Lipinski definition) is 3. The Bertz CT molecular complexity index is 128. The maximum absolute atomic E-state index is 12.5. The van der Waals surface area contributed by atoms with Crippen molar-refractivity contribution < 1.29 is 8.78 Å². The molecule has 5 N–H and O–H groups in total. The molecule has 1 fully saturated rings. The van der Waals surface area contributed by atoms with Gasteiger partial charge in [0.05, 0.1) is 12.6 Å². The zero-order valence-electron chi connectivity index (χ0n) is 5.48. The molecule has 1 heterocycles. The van der Waals surface area contributed by atoms with E-state index in [1.165, 1.54) is 0 Å². The molecule has 0 aliphatic carbocycles. The number of nitrogens with two attached hydrogens (primary N) is 2. The molecule has 1 rings (SSSR count). The van der Waals surface area contributed by atoms with Gasteiger partial charge in [-0.2, -0.15) is 0 Å². The van der Waals surface area contributed by atoms with Gasteiger partial charge < -0.3 is 16.8 Å². The second-order valence-corrected chi connectivity index (χ2v) is 2.51. The maximum atomic E-state index is 12.5. The van der Waals surface area contributed by atoms with E-state index in [1.807, 2.05) is 0 Å². The van der Waals surface area contributed by atoms with Crippen molar-refractivity contribution >= 4 is 0 Å². The average molecular weight is 151 g/mol. The third-order valence-corrected chi connectivity index (χ3v) is 1.78. The minimum Gasteiger partial charge on any atom is -0.329 e. The fraction of sp³-hybridized carbons (Fsp3) is 1.00. The highest BCUT2D eigenvalue weighted by Gasteiger charge is 2.46. The molecule has 1 aliphatic rings. The van der Waals surface area contributed by atoms with E-state index < -0.39 is 18.0 Å². The van der Waals surface area contributed by atoms with E-state index in [4.69, 9.17) is 11.5 Å². The average Bonchev–Trinajstić information content (AvgIpc) is 2.10. The molecule has 0 aromatic carbocycles. The van der Waals surface area contributed by atoms with Crippen molar-refractivity contribution in [3.8, 4) is 0 Å². The van der Waals surface area contributed by atoms with Crippen LogP contribution >= 0.6 is 0 Å². The normalized spacial score (nSPS) is 38.4. The number of halogens is 2. The first-order valence-corrected chi connectivity index (χ1v) is 3.15. The van der Waals surface area contributed by atoms with Crippen molar-refractivity contribution in [1.82, 2.24) is 5.32 Å². The van der Waals surface area contributed by atoms with Gasteiger partial charge in [0.25, 0.3) is 5.92 Å². The second-order valence-electron chi connectivity index (χ2n) is 2.51. The lowest BCUT2D eigenvalue weighted by molar-refractivity contribution is 0.00463. The molecule has 0 saturated carbocycles. The summed E-state index contributed by atoms with van der Waals surface area (Å²) in [7, 11) is 0. The standard InChI is InChI=1S/C5H11F2N3/c6-5(7)2-10-3(1-8)4(5)9/h3-4,10H,1-2,8-9H2. The first-order valence-electron chi connectivity index (χ1n) is 3.15. The summed E-state index contributed by atoms with van der Waals surface area (Å²) < 4.78 is 25.1. The first kappa shape index (κ1) is 7.84. The van der Waals surface area contributed by atoms with E-state index in [9.17, 15) is 8.78 Å². The fourth-order valence-corrected chi connectivity index (χ4v) is 1.04. The van der Waals surface area contributed by atoms with Crippen molar-refractivity contribution in [3.05, 3.63) is 0 Å². The SMILES string of the molecule is NCC1NCC(F)(F)C1N. The molecule has 0 radical (unpaired) electrons. The minimum absolute atomic E-state index is 0.163. The molecule has 1 saturated heterocycles. The quantitative estimate of drug-likeness (QED) is 0.445. The minimum atomic E-state index is -2.79. The zero-order valence-corrected chi connectivity index (χ0v) is 5.48. The van der Waals surface area contributed by atoms with Crippen LogP contribution in [0.25, 0.3) is 0 Å². The number of nitrogens with one attached hydrogen (secondary N) is 1. The van der Waals surface area contributed by atoms with Crippen molar-refractivity contribution in [1.29, 1.82) is 0 Å². The molecular weight excluding hydrogens is 140 g/mol. The summed E-state index contributed by atoms with van der Waals surface area (Å²) in [6.07, 6.45) is 0. The van der Waals surface area contributed by atoms with Gasteiger partial charge in [0.2, 0.25) is 0 Å². The third-order valence-electron chi connectivity index (χ3n) is 1.78. The van der Waals surface area contributed by atoms with Gasteiger partial charge in [-0.15, -0.1) is 0 Å². The van der Waals surface area contributed by atoms with Crippen molar-refractivity contribution in [2.75, 3.05) is 13.1 Å². The second kappa shape index (κ2) is 2.41. The molecular formula is C5H11F2N3. The molecule has 3 nitrogen and oxygen atoms in total. The lowest BCUT2D eigenvalue weighted by Crippen LogP contribution is -2.47. The van der Waals surface area contributed by atoms with Crippen LogP contribution in [0.2, 0.25) is 0 Å². The molecule has 2 atom stereocenters. The van der Waals surface area contributed by atoms with Gasteiger partial charge in [0.1, 0.15) is 0 Å². The Balaban J connectivity index is 2.58. The topological polar surface area (TPSA) is 64.1 Å². The summed E-state index contributed by atoms with van der Waals surface area (Å²) in [6.45, 7) is -0.188. The van der Waals surface area contributed by atoms with Crippen LogP contribution < -0.4 is 16.8 Å². The summed E-state index contributed by atoms with van der Waals surface area (Å²) in [5.41, 5.74) is 10.3. The van der Waals surface area contributed by atoms with Crippen LogP contribution in [0.3, 0.4) is 0 Å². The molecule has 10 heavy (non-hydrogen) atoms. The number of alkyl halides is 2. The van der Waals surface area contributed by atoms with E-state index in [-0.39, 0.29) is 13.1 Å². The molecule has 0 spiro atoms.